The van der Waals surface area contributed by atoms with Gasteiger partial charge in [0.15, 0.2) is 0 Å². The van der Waals surface area contributed by atoms with Crippen molar-refractivity contribution < 1.29 is 9.13 Å². The number of nitrogens with two attached hydrogens (primary N) is 1. The Morgan fingerprint density at radius 1 is 1.55 bits per heavy atom. The molecule has 0 saturated carbocycles. The quantitative estimate of drug-likeness (QED) is 0.798. The first-order valence-corrected chi connectivity index (χ1v) is 6.38. The molecule has 0 aliphatic rings. The lowest BCUT2D eigenvalue weighted by Crippen LogP contribution is -2.09. The number of halogens is 1. The third-order valence-electron chi connectivity index (χ3n) is 2.69. The number of hydrogen-bond donors (Lipinski definition) is 2. The van der Waals surface area contributed by atoms with E-state index in [1.54, 1.807) is 36.3 Å². The number of anilines is 2. The van der Waals surface area contributed by atoms with Crippen molar-refractivity contribution in [1.29, 1.82) is 0 Å². The van der Waals surface area contributed by atoms with Gasteiger partial charge in [-0.2, -0.15) is 5.10 Å². The fraction of sp³-hybridized carbons (Fsp3) is 0.231. The molecule has 0 aliphatic carbocycles. The zero-order valence-corrected chi connectivity index (χ0v) is 11.8. The molecule has 0 fully saturated rings. The first kappa shape index (κ1) is 14.4. The topological polar surface area (TPSA) is 65.1 Å². The number of rotatable bonds is 6. The van der Waals surface area contributed by atoms with Crippen molar-refractivity contribution in [1.82, 2.24) is 9.78 Å². The van der Waals surface area contributed by atoms with Gasteiger partial charge < -0.3 is 15.8 Å². The van der Waals surface area contributed by atoms with Gasteiger partial charge >= 0.3 is 0 Å². The Balaban J connectivity index is 2.09. The molecule has 1 heterocycles. The molecule has 0 spiro atoms. The highest BCUT2D eigenvalue weighted by atomic mass is 32.1. The van der Waals surface area contributed by atoms with E-state index in [1.165, 1.54) is 6.07 Å². The van der Waals surface area contributed by atoms with Crippen LogP contribution >= 0.6 is 12.2 Å². The van der Waals surface area contributed by atoms with Crippen molar-refractivity contribution in [2.75, 3.05) is 19.0 Å². The Labute approximate surface area is 121 Å². The van der Waals surface area contributed by atoms with Crippen molar-refractivity contribution in [2.45, 2.75) is 6.54 Å². The maximum atomic E-state index is 13.9. The number of thiocarbonyl (C=S) groups is 1. The summed E-state index contributed by atoms with van der Waals surface area (Å²) in [5.41, 5.74) is 6.99. The lowest BCUT2D eigenvalue weighted by atomic mass is 10.2. The first-order valence-electron chi connectivity index (χ1n) is 5.98. The molecule has 2 aromatic rings. The number of methoxy groups -OCH3 is 1. The van der Waals surface area contributed by atoms with Crippen LogP contribution < -0.4 is 11.1 Å². The Hall–Kier alpha value is -1.99. The van der Waals surface area contributed by atoms with E-state index < -0.39 is 5.82 Å². The normalized spacial score (nSPS) is 10.5. The molecule has 3 N–H and O–H groups in total. The SMILES string of the molecule is COCCn1cc(Nc2ccc(C(N)=S)cc2F)cn1. The number of benzene rings is 1. The van der Waals surface area contributed by atoms with Crippen LogP contribution in [0.4, 0.5) is 15.8 Å². The minimum atomic E-state index is -0.417. The Bertz CT molecular complexity index is 614. The summed E-state index contributed by atoms with van der Waals surface area (Å²) < 4.78 is 20.6. The van der Waals surface area contributed by atoms with Gasteiger partial charge in [0.2, 0.25) is 0 Å². The number of ether oxygens (including phenoxy) is 1. The zero-order valence-electron chi connectivity index (χ0n) is 11.0. The maximum absolute atomic E-state index is 13.9. The van der Waals surface area contributed by atoms with E-state index in [0.717, 1.165) is 0 Å². The Morgan fingerprint density at radius 3 is 3.00 bits per heavy atom. The van der Waals surface area contributed by atoms with Crippen LogP contribution in [0.3, 0.4) is 0 Å². The standard InChI is InChI=1S/C13H15FN4OS/c1-19-5-4-18-8-10(7-16-18)17-12-3-2-9(13(15)20)6-11(12)14/h2-3,6-8,17H,4-5H2,1H3,(H2,15,20). The molecular weight excluding hydrogens is 279 g/mol. The highest BCUT2D eigenvalue weighted by molar-refractivity contribution is 7.80. The van der Waals surface area contributed by atoms with Crippen molar-refractivity contribution in [2.24, 2.45) is 5.73 Å². The van der Waals surface area contributed by atoms with Crippen LogP contribution in [0, 0.1) is 5.82 Å². The van der Waals surface area contributed by atoms with E-state index in [-0.39, 0.29) is 4.99 Å². The number of nitrogens with zero attached hydrogens (tertiary/aromatic N) is 2. The van der Waals surface area contributed by atoms with E-state index in [9.17, 15) is 4.39 Å². The van der Waals surface area contributed by atoms with Crippen molar-refractivity contribution in [3.05, 3.63) is 42.0 Å². The molecule has 1 aromatic carbocycles. The van der Waals surface area contributed by atoms with Crippen LogP contribution in [0.25, 0.3) is 0 Å². The van der Waals surface area contributed by atoms with E-state index in [0.29, 0.717) is 30.1 Å². The number of hydrogen-bond acceptors (Lipinski definition) is 4. The van der Waals surface area contributed by atoms with Gasteiger partial charge in [0.25, 0.3) is 0 Å². The fourth-order valence-electron chi connectivity index (χ4n) is 1.66. The van der Waals surface area contributed by atoms with Crippen molar-refractivity contribution >= 4 is 28.6 Å². The van der Waals surface area contributed by atoms with Crippen LogP contribution in [0.2, 0.25) is 0 Å². The molecule has 0 aliphatic heterocycles. The van der Waals surface area contributed by atoms with Gasteiger partial charge in [0.1, 0.15) is 10.8 Å². The molecule has 0 saturated heterocycles. The van der Waals surface area contributed by atoms with Gasteiger partial charge in [0, 0.05) is 18.9 Å². The van der Waals surface area contributed by atoms with Gasteiger partial charge in [-0.15, -0.1) is 0 Å². The molecule has 20 heavy (non-hydrogen) atoms. The largest absolute Gasteiger partial charge is 0.389 e. The second kappa shape index (κ2) is 6.44. The minimum Gasteiger partial charge on any atom is -0.389 e. The molecule has 106 valence electrons. The van der Waals surface area contributed by atoms with Gasteiger partial charge in [-0.1, -0.05) is 12.2 Å². The van der Waals surface area contributed by atoms with E-state index in [1.807, 2.05) is 0 Å². The highest BCUT2D eigenvalue weighted by Gasteiger charge is 2.06. The highest BCUT2D eigenvalue weighted by Crippen LogP contribution is 2.20. The van der Waals surface area contributed by atoms with E-state index in [2.05, 4.69) is 10.4 Å². The van der Waals surface area contributed by atoms with Gasteiger partial charge in [-0.3, -0.25) is 4.68 Å². The molecule has 2 rings (SSSR count). The van der Waals surface area contributed by atoms with Crippen molar-refractivity contribution in [3.63, 3.8) is 0 Å². The summed E-state index contributed by atoms with van der Waals surface area (Å²) in [5, 5.41) is 7.09. The average Bonchev–Trinajstić information content (AvgIpc) is 2.86. The molecule has 0 bridgehead atoms. The van der Waals surface area contributed by atoms with Crippen LogP contribution in [-0.2, 0) is 11.3 Å². The minimum absolute atomic E-state index is 0.169. The molecule has 0 amide bonds. The molecule has 7 heteroatoms. The van der Waals surface area contributed by atoms with Gasteiger partial charge in [-0.05, 0) is 18.2 Å². The summed E-state index contributed by atoms with van der Waals surface area (Å²) in [6.07, 6.45) is 3.40. The predicted molar refractivity (Wildman–Crippen MR) is 79.7 cm³/mol. The molecule has 0 unspecified atom stereocenters. The third kappa shape index (κ3) is 3.52. The maximum Gasteiger partial charge on any atom is 0.147 e. The second-order valence-corrected chi connectivity index (χ2v) is 4.61. The number of aromatic nitrogens is 2. The molecule has 1 aromatic heterocycles. The average molecular weight is 294 g/mol. The van der Waals surface area contributed by atoms with E-state index in [4.69, 9.17) is 22.7 Å². The smallest absolute Gasteiger partial charge is 0.147 e. The van der Waals surface area contributed by atoms with E-state index >= 15 is 0 Å². The molecular formula is C13H15FN4OS. The van der Waals surface area contributed by atoms with Gasteiger partial charge in [0.05, 0.1) is 30.7 Å². The van der Waals surface area contributed by atoms with Crippen molar-refractivity contribution in [3.8, 4) is 0 Å². The molecule has 0 radical (unpaired) electrons. The van der Waals surface area contributed by atoms with Gasteiger partial charge in [-0.25, -0.2) is 4.39 Å². The summed E-state index contributed by atoms with van der Waals surface area (Å²) in [6.45, 7) is 1.21. The summed E-state index contributed by atoms with van der Waals surface area (Å²) >= 11 is 4.80. The van der Waals surface area contributed by atoms with Crippen LogP contribution in [0.1, 0.15) is 5.56 Å². The molecule has 0 atom stereocenters. The van der Waals surface area contributed by atoms with Crippen LogP contribution in [0.5, 0.6) is 0 Å². The third-order valence-corrected chi connectivity index (χ3v) is 2.93. The summed E-state index contributed by atoms with van der Waals surface area (Å²) in [7, 11) is 1.63. The second-order valence-electron chi connectivity index (χ2n) is 4.17. The van der Waals surface area contributed by atoms with Crippen LogP contribution in [-0.4, -0.2) is 28.5 Å². The monoisotopic (exact) mass is 294 g/mol. The number of nitrogens with one attached hydrogen (secondary N) is 1. The Kier molecular flexibility index (Phi) is 4.65. The summed E-state index contributed by atoms with van der Waals surface area (Å²) in [4.78, 5) is 0.169. The lowest BCUT2D eigenvalue weighted by Gasteiger charge is -2.06. The van der Waals surface area contributed by atoms with Crippen LogP contribution in [0.15, 0.2) is 30.6 Å². The lowest BCUT2D eigenvalue weighted by molar-refractivity contribution is 0.183. The first-order chi connectivity index (χ1) is 9.60. The summed E-state index contributed by atoms with van der Waals surface area (Å²) in [6, 6.07) is 4.57. The summed E-state index contributed by atoms with van der Waals surface area (Å²) in [5.74, 6) is -0.417. The Morgan fingerprint density at radius 2 is 2.35 bits per heavy atom. The molecule has 5 nitrogen and oxygen atoms in total. The predicted octanol–water partition coefficient (Wildman–Crippen LogP) is 2.05. The fourth-order valence-corrected chi connectivity index (χ4v) is 1.79. The zero-order chi connectivity index (χ0) is 14.5.